The van der Waals surface area contributed by atoms with E-state index < -0.39 is 0 Å². The number of nitrogens with one attached hydrogen (secondary N) is 1. The highest BCUT2D eigenvalue weighted by Crippen LogP contribution is 2.31. The summed E-state index contributed by atoms with van der Waals surface area (Å²) in [6.45, 7) is 2.38. The van der Waals surface area contributed by atoms with E-state index in [2.05, 4.69) is 27.6 Å². The molecule has 2 aromatic rings. The van der Waals surface area contributed by atoms with Crippen molar-refractivity contribution in [1.82, 2.24) is 9.88 Å². The molecular weight excluding hydrogens is 351 g/mol. The second kappa shape index (κ2) is 5.88. The van der Waals surface area contributed by atoms with Gasteiger partial charge in [-0.1, -0.05) is 30.3 Å². The number of Topliss-reactive ketones (excluding diaryl/α,β-unsaturated/α-hetero) is 1. The van der Waals surface area contributed by atoms with E-state index in [0.29, 0.717) is 6.54 Å². The molecule has 0 amide bonds. The number of likely N-dealkylation sites (N-methyl/N-ethyl adjacent to an activating group) is 1. The summed E-state index contributed by atoms with van der Waals surface area (Å²) in [4.78, 5) is 17.6. The number of carbonyl (C=O) groups is 1. The predicted octanol–water partition coefficient (Wildman–Crippen LogP) is 3.34. The fourth-order valence-corrected chi connectivity index (χ4v) is 3.16. The third-order valence-corrected chi connectivity index (χ3v) is 3.75. The monoisotopic (exact) mass is 368 g/mol. The maximum absolute atomic E-state index is 12.4. The van der Waals surface area contributed by atoms with Crippen LogP contribution in [-0.2, 0) is 0 Å². The minimum atomic E-state index is 0.153. The Morgan fingerprint density at radius 2 is 1.89 bits per heavy atom. The van der Waals surface area contributed by atoms with Crippen LogP contribution in [0.3, 0.4) is 0 Å². The van der Waals surface area contributed by atoms with Crippen LogP contribution in [-0.4, -0.2) is 36.3 Å². The van der Waals surface area contributed by atoms with Crippen LogP contribution in [0.25, 0.3) is 11.1 Å². The Bertz CT molecular complexity index is 588. The van der Waals surface area contributed by atoms with Gasteiger partial charge in [0.2, 0.25) is 0 Å². The first-order valence-electron chi connectivity index (χ1n) is 6.12. The molecule has 1 heterocycles. The number of nitrogens with zero attached hydrogens (tertiary/aromatic N) is 1. The van der Waals surface area contributed by atoms with Gasteiger partial charge in [0.05, 0.1) is 10.2 Å². The van der Waals surface area contributed by atoms with Gasteiger partial charge in [0.25, 0.3) is 0 Å². The van der Waals surface area contributed by atoms with Crippen LogP contribution in [0.5, 0.6) is 0 Å². The van der Waals surface area contributed by atoms with Crippen LogP contribution in [0.1, 0.15) is 16.1 Å². The molecule has 4 heteroatoms. The number of hydrogen-bond acceptors (Lipinski definition) is 2. The molecule has 0 fully saturated rings. The van der Waals surface area contributed by atoms with E-state index in [4.69, 9.17) is 0 Å². The van der Waals surface area contributed by atoms with Crippen LogP contribution in [0, 0.1) is 10.6 Å². The molecule has 0 bridgehead atoms. The van der Waals surface area contributed by atoms with Crippen molar-refractivity contribution in [2.75, 3.05) is 20.6 Å². The summed E-state index contributed by atoms with van der Waals surface area (Å²) in [5, 5.41) is 0. The summed E-state index contributed by atoms with van der Waals surface area (Å²) in [6, 6.07) is 10.0. The van der Waals surface area contributed by atoms with Crippen molar-refractivity contribution in [1.29, 1.82) is 0 Å². The van der Waals surface area contributed by atoms with Gasteiger partial charge in [0.15, 0.2) is 5.78 Å². The summed E-state index contributed by atoms with van der Waals surface area (Å²) in [7, 11) is 3.82. The standard InChI is InChI=1S/C15H17IN2O/c1-10-13(12(19)9-18(2)3)14(15(16)17-10)11-7-5-4-6-8-11/h4-8,17H,9H2,1-3H3. The highest BCUT2D eigenvalue weighted by molar-refractivity contribution is 14.1. The lowest BCUT2D eigenvalue weighted by Gasteiger charge is -2.10. The van der Waals surface area contributed by atoms with E-state index in [1.807, 2.05) is 56.3 Å². The van der Waals surface area contributed by atoms with Gasteiger partial charge in [-0.3, -0.25) is 4.79 Å². The van der Waals surface area contributed by atoms with Crippen molar-refractivity contribution in [3.63, 3.8) is 0 Å². The minimum Gasteiger partial charge on any atom is -0.353 e. The zero-order valence-electron chi connectivity index (χ0n) is 11.3. The molecule has 0 radical (unpaired) electrons. The molecule has 19 heavy (non-hydrogen) atoms. The van der Waals surface area contributed by atoms with Crippen LogP contribution < -0.4 is 0 Å². The first-order valence-corrected chi connectivity index (χ1v) is 7.20. The number of aromatic amines is 1. The fourth-order valence-electron chi connectivity index (χ4n) is 2.18. The largest absolute Gasteiger partial charge is 0.353 e. The predicted molar refractivity (Wildman–Crippen MR) is 86.6 cm³/mol. The van der Waals surface area contributed by atoms with Crippen molar-refractivity contribution in [3.8, 4) is 11.1 Å². The van der Waals surface area contributed by atoms with Crippen molar-refractivity contribution >= 4 is 28.4 Å². The summed E-state index contributed by atoms with van der Waals surface area (Å²) >= 11 is 2.26. The van der Waals surface area contributed by atoms with E-state index in [9.17, 15) is 4.79 Å². The molecule has 0 saturated heterocycles. The number of aryl methyl sites for hydroxylation is 1. The van der Waals surface area contributed by atoms with Crippen LogP contribution >= 0.6 is 22.6 Å². The van der Waals surface area contributed by atoms with E-state index >= 15 is 0 Å². The molecule has 3 nitrogen and oxygen atoms in total. The van der Waals surface area contributed by atoms with E-state index in [1.54, 1.807) is 0 Å². The van der Waals surface area contributed by atoms with E-state index in [1.165, 1.54) is 0 Å². The molecule has 0 aliphatic heterocycles. The molecule has 0 atom stereocenters. The number of ketones is 1. The third-order valence-electron chi connectivity index (χ3n) is 2.94. The maximum Gasteiger partial charge on any atom is 0.179 e. The van der Waals surface area contributed by atoms with Crippen LogP contribution in [0.15, 0.2) is 30.3 Å². The second-order valence-electron chi connectivity index (χ2n) is 4.84. The van der Waals surface area contributed by atoms with Gasteiger partial charge in [0, 0.05) is 16.8 Å². The number of rotatable bonds is 4. The molecule has 1 aromatic heterocycles. The molecule has 0 aliphatic carbocycles. The maximum atomic E-state index is 12.4. The Hall–Kier alpha value is -1.14. The molecule has 100 valence electrons. The average Bonchev–Trinajstić information content (AvgIpc) is 2.64. The molecule has 0 spiro atoms. The molecule has 1 N–H and O–H groups in total. The van der Waals surface area contributed by atoms with Crippen molar-refractivity contribution in [3.05, 3.63) is 45.3 Å². The molecule has 2 rings (SSSR count). The lowest BCUT2D eigenvalue weighted by molar-refractivity contribution is 0.0958. The van der Waals surface area contributed by atoms with Gasteiger partial charge < -0.3 is 9.88 Å². The minimum absolute atomic E-state index is 0.153. The van der Waals surface area contributed by atoms with E-state index in [0.717, 1.165) is 26.1 Å². The van der Waals surface area contributed by atoms with Crippen LogP contribution in [0.4, 0.5) is 0 Å². The quantitative estimate of drug-likeness (QED) is 0.664. The summed E-state index contributed by atoms with van der Waals surface area (Å²) in [5.74, 6) is 0.153. The molecule has 0 unspecified atom stereocenters. The Morgan fingerprint density at radius 1 is 1.26 bits per heavy atom. The van der Waals surface area contributed by atoms with Gasteiger partial charge in [-0.05, 0) is 49.2 Å². The van der Waals surface area contributed by atoms with Gasteiger partial charge in [-0.25, -0.2) is 0 Å². The Labute approximate surface area is 127 Å². The van der Waals surface area contributed by atoms with E-state index in [-0.39, 0.29) is 5.78 Å². The van der Waals surface area contributed by atoms with Crippen molar-refractivity contribution in [2.24, 2.45) is 0 Å². The molecule has 0 aliphatic rings. The molecule has 0 saturated carbocycles. The third kappa shape index (κ3) is 3.06. The van der Waals surface area contributed by atoms with Gasteiger partial charge in [-0.2, -0.15) is 0 Å². The van der Waals surface area contributed by atoms with Gasteiger partial charge in [-0.15, -0.1) is 0 Å². The first kappa shape index (κ1) is 14.3. The Morgan fingerprint density at radius 3 is 2.47 bits per heavy atom. The highest BCUT2D eigenvalue weighted by Gasteiger charge is 2.21. The Balaban J connectivity index is 2.53. The zero-order chi connectivity index (χ0) is 14.0. The smallest absolute Gasteiger partial charge is 0.179 e. The molecule has 1 aromatic carbocycles. The normalized spacial score (nSPS) is 11.0. The Kier molecular flexibility index (Phi) is 4.42. The SMILES string of the molecule is Cc1[nH]c(I)c(-c2ccccc2)c1C(=O)CN(C)C. The van der Waals surface area contributed by atoms with Crippen molar-refractivity contribution < 1.29 is 4.79 Å². The zero-order valence-corrected chi connectivity index (χ0v) is 13.5. The number of benzene rings is 1. The number of hydrogen-bond donors (Lipinski definition) is 1. The first-order chi connectivity index (χ1) is 9.00. The number of aromatic nitrogens is 1. The lowest BCUT2D eigenvalue weighted by Crippen LogP contribution is -2.22. The summed E-state index contributed by atoms with van der Waals surface area (Å²) in [6.07, 6.45) is 0. The lowest BCUT2D eigenvalue weighted by atomic mass is 10.00. The van der Waals surface area contributed by atoms with Gasteiger partial charge >= 0.3 is 0 Å². The number of H-pyrrole nitrogens is 1. The number of carbonyl (C=O) groups excluding carboxylic acids is 1. The summed E-state index contributed by atoms with van der Waals surface area (Å²) in [5.41, 5.74) is 3.85. The highest BCUT2D eigenvalue weighted by atomic mass is 127. The van der Waals surface area contributed by atoms with Crippen molar-refractivity contribution in [2.45, 2.75) is 6.92 Å². The molecular formula is C15H17IN2O. The second-order valence-corrected chi connectivity index (χ2v) is 5.92. The fraction of sp³-hybridized carbons (Fsp3) is 0.267. The topological polar surface area (TPSA) is 36.1 Å². The summed E-state index contributed by atoms with van der Waals surface area (Å²) < 4.78 is 1.02. The number of halogens is 1. The van der Waals surface area contributed by atoms with Gasteiger partial charge in [0.1, 0.15) is 0 Å². The average molecular weight is 368 g/mol. The van der Waals surface area contributed by atoms with Crippen LogP contribution in [0.2, 0.25) is 0 Å².